The second-order valence-electron chi connectivity index (χ2n) is 6.04. The first-order valence-corrected chi connectivity index (χ1v) is 9.62. The van der Waals surface area contributed by atoms with Crippen LogP contribution in [0.1, 0.15) is 29.9 Å². The summed E-state index contributed by atoms with van der Waals surface area (Å²) in [6.07, 6.45) is 1.51. The molecule has 142 valence electrons. The van der Waals surface area contributed by atoms with E-state index in [-0.39, 0.29) is 23.1 Å². The highest BCUT2D eigenvalue weighted by Gasteiger charge is 2.18. The first-order chi connectivity index (χ1) is 12.8. The monoisotopic (exact) mass is 390 g/mol. The number of carbonyl (C=O) groups excluding carboxylic acids is 1. The highest BCUT2D eigenvalue weighted by atomic mass is 32.2. The summed E-state index contributed by atoms with van der Waals surface area (Å²) < 4.78 is 42.4. The maximum atomic E-state index is 12.2. The lowest BCUT2D eigenvalue weighted by molar-refractivity contribution is 0.0464. The van der Waals surface area contributed by atoms with Crippen LogP contribution in [0.15, 0.2) is 62.6 Å². The minimum absolute atomic E-state index is 0.00723. The maximum Gasteiger partial charge on any atom is 0.338 e. The van der Waals surface area contributed by atoms with E-state index in [2.05, 4.69) is 9.88 Å². The van der Waals surface area contributed by atoms with E-state index in [1.807, 2.05) is 0 Å². The Morgan fingerprint density at radius 1 is 1.19 bits per heavy atom. The molecule has 2 heterocycles. The molecule has 8 nitrogen and oxygen atoms in total. The second kappa shape index (κ2) is 7.77. The van der Waals surface area contributed by atoms with Crippen LogP contribution in [0.5, 0.6) is 0 Å². The first kappa shape index (κ1) is 18.9. The summed E-state index contributed by atoms with van der Waals surface area (Å²) in [6, 6.07) is 10.4. The molecule has 9 heteroatoms. The molecule has 1 N–H and O–H groups in total. The summed E-state index contributed by atoms with van der Waals surface area (Å²) in [5.41, 5.74) is 0.524. The zero-order valence-corrected chi connectivity index (χ0v) is 15.5. The van der Waals surface area contributed by atoms with Crippen molar-refractivity contribution in [1.82, 2.24) is 9.88 Å². The lowest BCUT2D eigenvalue weighted by Crippen LogP contribution is -2.30. The molecule has 3 rings (SSSR count). The van der Waals surface area contributed by atoms with Gasteiger partial charge in [0.25, 0.3) is 0 Å². The van der Waals surface area contributed by atoms with Crippen molar-refractivity contribution in [2.75, 3.05) is 0 Å². The summed E-state index contributed by atoms with van der Waals surface area (Å²) >= 11 is 0. The van der Waals surface area contributed by atoms with Gasteiger partial charge < -0.3 is 13.7 Å². The normalized spacial score (nSPS) is 11.7. The standard InChI is InChI=1S/C18H18N2O6S/c1-12(2)20-27(22,23)15-6-3-5-13(9-15)18(21)25-11-14-10-17(26-19-14)16-7-4-8-24-16/h3-10,12,20H,11H2,1-2H3. The Morgan fingerprint density at radius 2 is 2.00 bits per heavy atom. The van der Waals surface area contributed by atoms with Crippen molar-refractivity contribution in [1.29, 1.82) is 0 Å². The molecule has 0 radical (unpaired) electrons. The third-order valence-electron chi connectivity index (χ3n) is 3.45. The highest BCUT2D eigenvalue weighted by Crippen LogP contribution is 2.21. The van der Waals surface area contributed by atoms with Gasteiger partial charge in [0.05, 0.1) is 16.7 Å². The predicted molar refractivity (Wildman–Crippen MR) is 95.2 cm³/mol. The Labute approximate surface area is 156 Å². The van der Waals surface area contributed by atoms with Crippen LogP contribution < -0.4 is 4.72 Å². The largest absolute Gasteiger partial charge is 0.461 e. The topological polar surface area (TPSA) is 112 Å². The number of rotatable bonds is 7. The molecular formula is C18H18N2O6S. The van der Waals surface area contributed by atoms with Gasteiger partial charge in [-0.3, -0.25) is 0 Å². The molecule has 0 aliphatic rings. The Bertz CT molecular complexity index is 1020. The SMILES string of the molecule is CC(C)NS(=O)(=O)c1cccc(C(=O)OCc2cc(-c3ccco3)on2)c1. The van der Waals surface area contributed by atoms with Crippen LogP contribution in [0, 0.1) is 0 Å². The molecule has 2 aromatic heterocycles. The molecule has 3 aromatic rings. The number of hydrogen-bond acceptors (Lipinski definition) is 7. The summed E-state index contributed by atoms with van der Waals surface area (Å²) in [5.74, 6) is 0.258. The molecule has 0 amide bonds. The fraction of sp³-hybridized carbons (Fsp3) is 0.222. The average molecular weight is 390 g/mol. The van der Waals surface area contributed by atoms with E-state index in [9.17, 15) is 13.2 Å². The Kier molecular flexibility index (Phi) is 5.43. The fourth-order valence-electron chi connectivity index (χ4n) is 2.31. The van der Waals surface area contributed by atoms with Crippen molar-refractivity contribution < 1.29 is 26.9 Å². The van der Waals surface area contributed by atoms with Gasteiger partial charge >= 0.3 is 5.97 Å². The smallest absolute Gasteiger partial charge is 0.338 e. The second-order valence-corrected chi connectivity index (χ2v) is 7.75. The third kappa shape index (κ3) is 4.63. The molecule has 1 aromatic carbocycles. The quantitative estimate of drug-likeness (QED) is 0.617. The van der Waals surface area contributed by atoms with Crippen LogP contribution in [-0.4, -0.2) is 25.6 Å². The molecule has 0 spiro atoms. The van der Waals surface area contributed by atoms with Gasteiger partial charge in [-0.2, -0.15) is 0 Å². The van der Waals surface area contributed by atoms with Crippen LogP contribution in [0.2, 0.25) is 0 Å². The number of furan rings is 1. The number of ether oxygens (including phenoxy) is 1. The number of nitrogens with one attached hydrogen (secondary N) is 1. The van der Waals surface area contributed by atoms with E-state index in [0.717, 1.165) is 0 Å². The summed E-state index contributed by atoms with van der Waals surface area (Å²) in [4.78, 5) is 12.2. The van der Waals surface area contributed by atoms with Crippen molar-refractivity contribution in [3.8, 4) is 11.5 Å². The van der Waals surface area contributed by atoms with Gasteiger partial charge in [-0.25, -0.2) is 17.9 Å². The van der Waals surface area contributed by atoms with Gasteiger partial charge in [-0.1, -0.05) is 11.2 Å². The summed E-state index contributed by atoms with van der Waals surface area (Å²) in [6.45, 7) is 3.30. The van der Waals surface area contributed by atoms with E-state index in [1.165, 1.54) is 30.5 Å². The molecule has 27 heavy (non-hydrogen) atoms. The van der Waals surface area contributed by atoms with Gasteiger partial charge in [0, 0.05) is 12.1 Å². The van der Waals surface area contributed by atoms with E-state index in [0.29, 0.717) is 17.2 Å². The van der Waals surface area contributed by atoms with Crippen LogP contribution in [0.3, 0.4) is 0 Å². The molecule has 0 bridgehead atoms. The maximum absolute atomic E-state index is 12.2. The zero-order chi connectivity index (χ0) is 19.4. The van der Waals surface area contributed by atoms with Crippen molar-refractivity contribution in [2.24, 2.45) is 0 Å². The zero-order valence-electron chi connectivity index (χ0n) is 14.7. The molecule has 0 aliphatic carbocycles. The number of benzene rings is 1. The summed E-state index contributed by atoms with van der Waals surface area (Å²) in [5, 5.41) is 3.81. The predicted octanol–water partition coefficient (Wildman–Crippen LogP) is 2.98. The van der Waals surface area contributed by atoms with Gasteiger partial charge in [0.2, 0.25) is 15.8 Å². The van der Waals surface area contributed by atoms with Crippen LogP contribution in [0.4, 0.5) is 0 Å². The summed E-state index contributed by atoms with van der Waals surface area (Å²) in [7, 11) is -3.70. The number of nitrogens with zero attached hydrogens (tertiary/aromatic N) is 1. The van der Waals surface area contributed by atoms with E-state index < -0.39 is 16.0 Å². The average Bonchev–Trinajstić information content (AvgIpc) is 3.30. The Morgan fingerprint density at radius 3 is 2.70 bits per heavy atom. The number of carbonyl (C=O) groups is 1. The molecule has 0 saturated carbocycles. The highest BCUT2D eigenvalue weighted by molar-refractivity contribution is 7.89. The van der Waals surface area contributed by atoms with Crippen molar-refractivity contribution in [2.45, 2.75) is 31.4 Å². The fourth-order valence-corrected chi connectivity index (χ4v) is 3.60. The first-order valence-electron chi connectivity index (χ1n) is 8.14. The van der Waals surface area contributed by atoms with Gasteiger partial charge in [-0.05, 0) is 44.2 Å². The molecule has 0 saturated heterocycles. The van der Waals surface area contributed by atoms with E-state index >= 15 is 0 Å². The van der Waals surface area contributed by atoms with Gasteiger partial charge in [0.1, 0.15) is 12.3 Å². The third-order valence-corrected chi connectivity index (χ3v) is 5.10. The lowest BCUT2D eigenvalue weighted by Gasteiger charge is -2.10. The number of sulfonamides is 1. The van der Waals surface area contributed by atoms with Crippen molar-refractivity contribution in [3.05, 3.63) is 60.0 Å². The van der Waals surface area contributed by atoms with E-state index in [4.69, 9.17) is 13.7 Å². The van der Waals surface area contributed by atoms with Crippen LogP contribution >= 0.6 is 0 Å². The van der Waals surface area contributed by atoms with Gasteiger partial charge in [-0.15, -0.1) is 0 Å². The number of aromatic nitrogens is 1. The molecular weight excluding hydrogens is 372 g/mol. The minimum atomic E-state index is -3.70. The van der Waals surface area contributed by atoms with Crippen molar-refractivity contribution in [3.63, 3.8) is 0 Å². The Hall–Kier alpha value is -2.91. The van der Waals surface area contributed by atoms with Gasteiger partial charge in [0.15, 0.2) is 5.76 Å². The van der Waals surface area contributed by atoms with Crippen LogP contribution in [0.25, 0.3) is 11.5 Å². The van der Waals surface area contributed by atoms with Crippen molar-refractivity contribution >= 4 is 16.0 Å². The molecule has 0 fully saturated rings. The lowest BCUT2D eigenvalue weighted by atomic mass is 10.2. The number of hydrogen-bond donors (Lipinski definition) is 1. The molecule has 0 atom stereocenters. The Balaban J connectivity index is 1.67. The van der Waals surface area contributed by atoms with E-state index in [1.54, 1.807) is 32.0 Å². The molecule has 0 unspecified atom stereocenters. The minimum Gasteiger partial charge on any atom is -0.461 e. The van der Waals surface area contributed by atoms with Crippen LogP contribution in [-0.2, 0) is 21.4 Å². The number of esters is 1. The molecule has 0 aliphatic heterocycles.